The molecule has 0 saturated carbocycles. The number of benzene rings is 5. The molecule has 0 bridgehead atoms. The van der Waals surface area contributed by atoms with Crippen molar-refractivity contribution < 1.29 is 57.0 Å². The zero-order valence-electron chi connectivity index (χ0n) is 37.4. The third-order valence-electron chi connectivity index (χ3n) is 12.2. The number of nitrogens with zero attached hydrogens (tertiary/aromatic N) is 1. The zero-order valence-corrected chi connectivity index (χ0v) is 37.4. The lowest BCUT2D eigenvalue weighted by Crippen LogP contribution is -2.63. The summed E-state index contributed by atoms with van der Waals surface area (Å²) in [6.07, 6.45) is -7.09. The fourth-order valence-electron chi connectivity index (χ4n) is 8.62. The molecular weight excluding hydrogens is 843 g/mol. The Morgan fingerprint density at radius 1 is 0.621 bits per heavy atom. The summed E-state index contributed by atoms with van der Waals surface area (Å²) in [6, 6.07) is 46.2. The first-order valence-electron chi connectivity index (χ1n) is 22.7. The fraction of sp³-hybridized carbons (Fsp3) is 0.377. The second-order valence-corrected chi connectivity index (χ2v) is 16.8. The predicted octanol–water partition coefficient (Wildman–Crippen LogP) is 8.92. The molecule has 11 atom stereocenters. The Kier molecular flexibility index (Phi) is 15.9. The first-order chi connectivity index (χ1) is 32.2. The standard InChI is InChI=1S/C53H57NO12/c1-4-42-44(66-52-47(64-49(56)40-26-16-8-17-27-40)36(3)45-43(62-52)34-59-50(65-45)41-28-18-9-19-29-41)35(2)46(63-48(55)39-24-14-7-15-25-39)51(61-42)58-31-30-54(32-37-20-10-5-11-21-37)53(57)60-33-38-22-12-6-13-23-38/h5-29,35-36,42-47,50-52H,4,30-34H2,1-3H3/t35-,36-,42?,43?,44-,45-,46?,47?,50?,51+,52-/m0/s1. The van der Waals surface area contributed by atoms with E-state index in [1.807, 2.05) is 124 Å². The zero-order chi connectivity index (χ0) is 45.8. The Bertz CT molecular complexity index is 2290. The number of hydrogen-bond donors (Lipinski definition) is 0. The van der Waals surface area contributed by atoms with E-state index in [4.69, 9.17) is 42.6 Å². The van der Waals surface area contributed by atoms with E-state index >= 15 is 0 Å². The largest absolute Gasteiger partial charge is 0.453 e. The van der Waals surface area contributed by atoms with Crippen LogP contribution in [0.3, 0.4) is 0 Å². The molecular formula is C53H57NO12. The quantitative estimate of drug-likeness (QED) is 0.0691. The molecule has 346 valence electrons. The molecule has 5 unspecified atom stereocenters. The molecule has 3 saturated heterocycles. The number of fused-ring (bicyclic) bond motifs is 1. The van der Waals surface area contributed by atoms with E-state index < -0.39 is 85.4 Å². The summed E-state index contributed by atoms with van der Waals surface area (Å²) in [5.41, 5.74) is 3.36. The summed E-state index contributed by atoms with van der Waals surface area (Å²) in [5.74, 6) is -2.06. The van der Waals surface area contributed by atoms with Gasteiger partial charge in [0.1, 0.15) is 12.7 Å². The Labute approximate surface area is 385 Å². The van der Waals surface area contributed by atoms with Gasteiger partial charge >= 0.3 is 18.0 Å². The third kappa shape index (κ3) is 11.5. The topological polar surface area (TPSA) is 138 Å². The molecule has 0 N–H and O–H groups in total. The highest BCUT2D eigenvalue weighted by Crippen LogP contribution is 2.41. The molecule has 0 aliphatic carbocycles. The molecule has 13 nitrogen and oxygen atoms in total. The van der Waals surface area contributed by atoms with Gasteiger partial charge in [-0.05, 0) is 41.8 Å². The van der Waals surface area contributed by atoms with Crippen molar-refractivity contribution in [2.24, 2.45) is 11.8 Å². The van der Waals surface area contributed by atoms with Crippen LogP contribution in [-0.4, -0.2) is 91.9 Å². The van der Waals surface area contributed by atoms with E-state index in [1.54, 1.807) is 53.4 Å². The van der Waals surface area contributed by atoms with E-state index in [9.17, 15) is 14.4 Å². The minimum Gasteiger partial charge on any atom is -0.453 e. The summed E-state index contributed by atoms with van der Waals surface area (Å²) in [4.78, 5) is 42.7. The molecule has 66 heavy (non-hydrogen) atoms. The molecule has 3 aliphatic rings. The summed E-state index contributed by atoms with van der Waals surface area (Å²) in [6.45, 7) is 6.60. The highest BCUT2D eigenvalue weighted by atomic mass is 16.8. The maximum atomic E-state index is 13.8. The summed E-state index contributed by atoms with van der Waals surface area (Å²) < 4.78 is 57.8. The van der Waals surface area contributed by atoms with Crippen molar-refractivity contribution in [2.75, 3.05) is 19.8 Å². The Morgan fingerprint density at radius 3 is 1.76 bits per heavy atom. The number of amides is 1. The van der Waals surface area contributed by atoms with Gasteiger partial charge in [-0.1, -0.05) is 148 Å². The maximum Gasteiger partial charge on any atom is 0.410 e. The van der Waals surface area contributed by atoms with Crippen LogP contribution < -0.4 is 0 Å². The van der Waals surface area contributed by atoms with Crippen LogP contribution in [0, 0.1) is 11.8 Å². The van der Waals surface area contributed by atoms with E-state index in [-0.39, 0.29) is 32.9 Å². The minimum absolute atomic E-state index is 0.0276. The molecule has 8 rings (SSSR count). The van der Waals surface area contributed by atoms with E-state index in [0.717, 1.165) is 16.7 Å². The molecule has 13 heteroatoms. The summed E-state index contributed by atoms with van der Waals surface area (Å²) >= 11 is 0. The van der Waals surface area contributed by atoms with Gasteiger partial charge in [-0.3, -0.25) is 0 Å². The van der Waals surface area contributed by atoms with E-state index in [1.165, 1.54) is 0 Å². The van der Waals surface area contributed by atoms with Crippen molar-refractivity contribution >= 4 is 18.0 Å². The van der Waals surface area contributed by atoms with Crippen molar-refractivity contribution in [2.45, 2.75) is 95.8 Å². The number of carbonyl (C=O) groups is 3. The predicted molar refractivity (Wildman–Crippen MR) is 242 cm³/mol. The molecule has 3 aliphatic heterocycles. The summed E-state index contributed by atoms with van der Waals surface area (Å²) in [7, 11) is 0. The van der Waals surface area contributed by atoms with Crippen molar-refractivity contribution in [3.8, 4) is 0 Å². The van der Waals surface area contributed by atoms with Crippen LogP contribution in [0.2, 0.25) is 0 Å². The molecule has 5 aromatic carbocycles. The molecule has 5 aromatic rings. The van der Waals surface area contributed by atoms with Crippen molar-refractivity contribution in [3.05, 3.63) is 179 Å². The van der Waals surface area contributed by atoms with Crippen LogP contribution >= 0.6 is 0 Å². The van der Waals surface area contributed by atoms with Crippen LogP contribution in [0.1, 0.15) is 70.9 Å². The molecule has 0 aromatic heterocycles. The van der Waals surface area contributed by atoms with Gasteiger partial charge in [0, 0.05) is 30.5 Å². The average molecular weight is 900 g/mol. The van der Waals surface area contributed by atoms with Crippen molar-refractivity contribution in [3.63, 3.8) is 0 Å². The molecule has 3 fully saturated rings. The third-order valence-corrected chi connectivity index (χ3v) is 12.2. The van der Waals surface area contributed by atoms with Gasteiger partial charge in [0.05, 0.1) is 42.7 Å². The van der Waals surface area contributed by atoms with Gasteiger partial charge in [-0.15, -0.1) is 0 Å². The minimum atomic E-state index is -1.09. The molecule has 1 amide bonds. The number of esters is 2. The Balaban J connectivity index is 1.02. The lowest BCUT2D eigenvalue weighted by atomic mass is 9.87. The van der Waals surface area contributed by atoms with Gasteiger partial charge < -0.3 is 47.5 Å². The van der Waals surface area contributed by atoms with Crippen molar-refractivity contribution in [1.29, 1.82) is 0 Å². The first-order valence-corrected chi connectivity index (χ1v) is 22.7. The van der Waals surface area contributed by atoms with E-state index in [0.29, 0.717) is 17.5 Å². The Hall–Kier alpha value is -5.93. The van der Waals surface area contributed by atoms with Gasteiger partial charge in [0.15, 0.2) is 31.1 Å². The van der Waals surface area contributed by atoms with Crippen LogP contribution in [0.15, 0.2) is 152 Å². The van der Waals surface area contributed by atoms with Crippen LogP contribution in [-0.2, 0) is 55.8 Å². The van der Waals surface area contributed by atoms with E-state index in [2.05, 4.69) is 0 Å². The molecule has 0 radical (unpaired) electrons. The van der Waals surface area contributed by atoms with Crippen LogP contribution in [0.4, 0.5) is 4.79 Å². The van der Waals surface area contributed by atoms with Gasteiger partial charge in [-0.25, -0.2) is 14.4 Å². The molecule has 3 heterocycles. The fourth-order valence-corrected chi connectivity index (χ4v) is 8.62. The average Bonchev–Trinajstić information content (AvgIpc) is 3.36. The number of carbonyl (C=O) groups excluding carboxylic acids is 3. The SMILES string of the molecule is CCC1O[C@@H](OCCN(Cc2ccccc2)C(=O)OCc2ccccc2)C(OC(=O)c2ccccc2)[C@@H](C)[C@@H]1O[C@@H]1OC2COC(c3ccccc3)O[C@H]2[C@H](C)C1OC(=O)c1ccccc1. The van der Waals surface area contributed by atoms with Crippen molar-refractivity contribution in [1.82, 2.24) is 4.90 Å². The Morgan fingerprint density at radius 2 is 1.17 bits per heavy atom. The number of rotatable bonds is 16. The van der Waals surface area contributed by atoms with Gasteiger partial charge in [0.2, 0.25) is 0 Å². The second kappa shape index (κ2) is 22.5. The van der Waals surface area contributed by atoms with Crippen LogP contribution in [0.5, 0.6) is 0 Å². The second-order valence-electron chi connectivity index (χ2n) is 16.8. The smallest absolute Gasteiger partial charge is 0.410 e. The van der Waals surface area contributed by atoms with Gasteiger partial charge in [-0.2, -0.15) is 0 Å². The normalized spacial score (nSPS) is 27.2. The maximum absolute atomic E-state index is 13.8. The highest BCUT2D eigenvalue weighted by molar-refractivity contribution is 5.90. The highest BCUT2D eigenvalue weighted by Gasteiger charge is 2.54. The number of ether oxygens (including phenoxy) is 9. The van der Waals surface area contributed by atoms with Crippen LogP contribution in [0.25, 0.3) is 0 Å². The number of hydrogen-bond acceptors (Lipinski definition) is 12. The summed E-state index contributed by atoms with van der Waals surface area (Å²) in [5, 5.41) is 0. The van der Waals surface area contributed by atoms with Gasteiger partial charge in [0.25, 0.3) is 0 Å². The first kappa shape index (κ1) is 46.6. The molecule has 0 spiro atoms. The lowest BCUT2D eigenvalue weighted by Gasteiger charge is -2.50. The monoisotopic (exact) mass is 899 g/mol. The lowest BCUT2D eigenvalue weighted by molar-refractivity contribution is -0.373.